The van der Waals surface area contributed by atoms with Gasteiger partial charge in [0, 0.05) is 19.2 Å². The molecule has 0 aliphatic carbocycles. The number of carbonyl (C=O) groups excluding carboxylic acids is 1. The number of nitrogens with zero attached hydrogens (tertiary/aromatic N) is 3. The number of amides is 1. The average Bonchev–Trinajstić information content (AvgIpc) is 3.29. The molecule has 1 fully saturated rings. The molecule has 1 atom stereocenters. The predicted molar refractivity (Wildman–Crippen MR) is 111 cm³/mol. The minimum Gasteiger partial charge on any atom is -0.463 e. The Morgan fingerprint density at radius 3 is 2.48 bits per heavy atom. The van der Waals surface area contributed by atoms with Crippen molar-refractivity contribution in [3.05, 3.63) is 76.3 Å². The van der Waals surface area contributed by atoms with Crippen LogP contribution < -0.4 is 5.56 Å². The molecular formula is C23H25N3O3. The van der Waals surface area contributed by atoms with Crippen molar-refractivity contribution in [2.75, 3.05) is 13.1 Å². The molecule has 6 nitrogen and oxygen atoms in total. The van der Waals surface area contributed by atoms with Crippen molar-refractivity contribution >= 4 is 5.91 Å². The van der Waals surface area contributed by atoms with Gasteiger partial charge in [0.1, 0.15) is 5.69 Å². The summed E-state index contributed by atoms with van der Waals surface area (Å²) in [6.07, 6.45) is 3.01. The second kappa shape index (κ2) is 8.07. The van der Waals surface area contributed by atoms with Gasteiger partial charge < -0.3 is 9.32 Å². The van der Waals surface area contributed by atoms with E-state index in [1.54, 1.807) is 23.1 Å². The molecule has 0 radical (unpaired) electrons. The molecule has 0 bridgehead atoms. The number of rotatable bonds is 4. The maximum absolute atomic E-state index is 12.9. The zero-order valence-corrected chi connectivity index (χ0v) is 16.7. The Hall–Kier alpha value is -3.15. The van der Waals surface area contributed by atoms with Gasteiger partial charge in [0.15, 0.2) is 5.76 Å². The zero-order valence-electron chi connectivity index (χ0n) is 16.7. The van der Waals surface area contributed by atoms with Gasteiger partial charge in [-0.25, -0.2) is 4.68 Å². The van der Waals surface area contributed by atoms with Gasteiger partial charge in [-0.3, -0.25) is 9.59 Å². The molecule has 1 aliphatic rings. The monoisotopic (exact) mass is 391 g/mol. The summed E-state index contributed by atoms with van der Waals surface area (Å²) in [4.78, 5) is 27.2. The Balaban J connectivity index is 1.44. The van der Waals surface area contributed by atoms with Crippen LogP contribution in [0.15, 0.2) is 64.0 Å². The third kappa shape index (κ3) is 4.01. The lowest BCUT2D eigenvalue weighted by atomic mass is 9.96. The van der Waals surface area contributed by atoms with E-state index in [-0.39, 0.29) is 23.4 Å². The molecule has 1 amide bonds. The highest BCUT2D eigenvalue weighted by molar-refractivity contribution is 5.83. The summed E-state index contributed by atoms with van der Waals surface area (Å²) in [5, 5.41) is 4.51. The highest BCUT2D eigenvalue weighted by Crippen LogP contribution is 2.26. The first-order valence-electron chi connectivity index (χ1n) is 10.0. The minimum absolute atomic E-state index is 0.0175. The summed E-state index contributed by atoms with van der Waals surface area (Å²) in [6.45, 7) is 5.24. The van der Waals surface area contributed by atoms with Gasteiger partial charge in [0.2, 0.25) is 5.91 Å². The number of hydrogen-bond acceptors (Lipinski definition) is 4. The van der Waals surface area contributed by atoms with E-state index < -0.39 is 0 Å². The van der Waals surface area contributed by atoms with Crippen LogP contribution in [0.25, 0.3) is 11.5 Å². The molecule has 0 N–H and O–H groups in total. The van der Waals surface area contributed by atoms with Crippen molar-refractivity contribution in [2.24, 2.45) is 0 Å². The van der Waals surface area contributed by atoms with Crippen LogP contribution in [-0.4, -0.2) is 33.7 Å². The van der Waals surface area contributed by atoms with Crippen LogP contribution in [0, 0.1) is 6.92 Å². The summed E-state index contributed by atoms with van der Waals surface area (Å²) in [5.41, 5.74) is 2.73. The molecule has 3 heterocycles. The van der Waals surface area contributed by atoms with E-state index in [0.29, 0.717) is 37.4 Å². The molecular weight excluding hydrogens is 366 g/mol. The maximum atomic E-state index is 12.9. The number of hydrogen-bond donors (Lipinski definition) is 0. The van der Waals surface area contributed by atoms with Crippen molar-refractivity contribution < 1.29 is 9.21 Å². The SMILES string of the molecule is Cc1ccc([C@H](C)C(=O)N2CCC(n3nc(-c4ccco4)ccc3=O)CC2)cc1. The van der Waals surface area contributed by atoms with Crippen LogP contribution in [0.4, 0.5) is 0 Å². The highest BCUT2D eigenvalue weighted by atomic mass is 16.3. The molecule has 6 heteroatoms. The average molecular weight is 391 g/mol. The molecule has 29 heavy (non-hydrogen) atoms. The van der Waals surface area contributed by atoms with Crippen LogP contribution in [0.5, 0.6) is 0 Å². The molecule has 4 rings (SSSR count). The Bertz CT molecular complexity index is 1030. The van der Waals surface area contributed by atoms with Gasteiger partial charge in [-0.05, 0) is 50.5 Å². The Kier molecular flexibility index (Phi) is 5.34. The standard InChI is InChI=1S/C23H25N3O3/c1-16-5-7-18(8-6-16)17(2)23(28)25-13-11-19(12-14-25)26-22(27)10-9-20(24-26)21-4-3-15-29-21/h3-10,15,17,19H,11-14H2,1-2H3/t17-/m0/s1. The van der Waals surface area contributed by atoms with Gasteiger partial charge in [-0.2, -0.15) is 5.10 Å². The first-order valence-corrected chi connectivity index (χ1v) is 10.0. The lowest BCUT2D eigenvalue weighted by Crippen LogP contribution is -2.42. The molecule has 150 valence electrons. The molecule has 0 saturated carbocycles. The van der Waals surface area contributed by atoms with Crippen molar-refractivity contribution in [1.82, 2.24) is 14.7 Å². The molecule has 3 aromatic rings. The first kappa shape index (κ1) is 19.2. The van der Waals surface area contributed by atoms with E-state index in [9.17, 15) is 9.59 Å². The van der Waals surface area contributed by atoms with Crippen LogP contribution >= 0.6 is 0 Å². The van der Waals surface area contributed by atoms with Crippen molar-refractivity contribution in [2.45, 2.75) is 38.6 Å². The zero-order chi connectivity index (χ0) is 20.4. The van der Waals surface area contributed by atoms with E-state index in [1.165, 1.54) is 11.6 Å². The summed E-state index contributed by atoms with van der Waals surface area (Å²) in [6, 6.07) is 14.9. The van der Waals surface area contributed by atoms with E-state index in [4.69, 9.17) is 4.42 Å². The molecule has 2 aromatic heterocycles. The second-order valence-electron chi connectivity index (χ2n) is 7.67. The van der Waals surface area contributed by atoms with Gasteiger partial charge in [-0.15, -0.1) is 0 Å². The number of piperidine rings is 1. The number of aromatic nitrogens is 2. The third-order valence-corrected chi connectivity index (χ3v) is 5.67. The van der Waals surface area contributed by atoms with Crippen LogP contribution in [0.2, 0.25) is 0 Å². The summed E-state index contributed by atoms with van der Waals surface area (Å²) >= 11 is 0. The second-order valence-corrected chi connectivity index (χ2v) is 7.67. The largest absolute Gasteiger partial charge is 0.463 e. The molecule has 1 saturated heterocycles. The fraction of sp³-hybridized carbons (Fsp3) is 0.348. The van der Waals surface area contributed by atoms with Crippen LogP contribution in [0.1, 0.15) is 42.9 Å². The van der Waals surface area contributed by atoms with E-state index >= 15 is 0 Å². The first-order chi connectivity index (χ1) is 14.0. The fourth-order valence-electron chi connectivity index (χ4n) is 3.84. The summed E-state index contributed by atoms with van der Waals surface area (Å²) < 4.78 is 6.94. The Labute approximate surface area is 169 Å². The summed E-state index contributed by atoms with van der Waals surface area (Å²) in [7, 11) is 0. The van der Waals surface area contributed by atoms with Gasteiger partial charge in [0.05, 0.1) is 18.2 Å². The van der Waals surface area contributed by atoms with Crippen LogP contribution in [0.3, 0.4) is 0 Å². The minimum atomic E-state index is -0.171. The van der Waals surface area contributed by atoms with E-state index in [1.807, 2.05) is 49.1 Å². The number of furan rings is 1. The number of carbonyl (C=O) groups is 1. The van der Waals surface area contributed by atoms with Gasteiger partial charge in [0.25, 0.3) is 5.56 Å². The van der Waals surface area contributed by atoms with E-state index in [2.05, 4.69) is 5.10 Å². The number of aryl methyl sites for hydroxylation is 1. The molecule has 1 aliphatic heterocycles. The van der Waals surface area contributed by atoms with Crippen molar-refractivity contribution in [3.63, 3.8) is 0 Å². The molecule has 0 spiro atoms. The smallest absolute Gasteiger partial charge is 0.267 e. The highest BCUT2D eigenvalue weighted by Gasteiger charge is 2.28. The normalized spacial score (nSPS) is 16.0. The third-order valence-electron chi connectivity index (χ3n) is 5.67. The van der Waals surface area contributed by atoms with Gasteiger partial charge >= 0.3 is 0 Å². The van der Waals surface area contributed by atoms with Crippen molar-refractivity contribution in [1.29, 1.82) is 0 Å². The Morgan fingerprint density at radius 2 is 1.83 bits per heavy atom. The Morgan fingerprint density at radius 1 is 1.10 bits per heavy atom. The van der Waals surface area contributed by atoms with Crippen LogP contribution in [-0.2, 0) is 4.79 Å². The quantitative estimate of drug-likeness (QED) is 0.679. The predicted octanol–water partition coefficient (Wildman–Crippen LogP) is 3.78. The summed E-state index contributed by atoms with van der Waals surface area (Å²) in [5.74, 6) is 0.602. The van der Waals surface area contributed by atoms with Gasteiger partial charge in [-0.1, -0.05) is 29.8 Å². The van der Waals surface area contributed by atoms with E-state index in [0.717, 1.165) is 5.56 Å². The fourth-order valence-corrected chi connectivity index (χ4v) is 3.84. The molecule has 0 unspecified atom stereocenters. The molecule has 1 aromatic carbocycles. The van der Waals surface area contributed by atoms with Crippen molar-refractivity contribution in [3.8, 4) is 11.5 Å². The lowest BCUT2D eigenvalue weighted by Gasteiger charge is -2.34. The maximum Gasteiger partial charge on any atom is 0.267 e. The topological polar surface area (TPSA) is 68.3 Å². The number of likely N-dealkylation sites (tertiary alicyclic amines) is 1. The lowest BCUT2D eigenvalue weighted by molar-refractivity contribution is -0.133. The number of benzene rings is 1.